The minimum Gasteiger partial charge on any atom is -0.480 e. The second kappa shape index (κ2) is 5.95. The lowest BCUT2D eigenvalue weighted by Crippen LogP contribution is -2.58. The number of carboxylic acids is 1. The molecule has 0 aromatic heterocycles. The fourth-order valence-corrected chi connectivity index (χ4v) is 1.04. The monoisotopic (exact) mass is 205 g/mol. The first-order chi connectivity index (χ1) is 6.49. The van der Waals surface area contributed by atoms with Crippen LogP contribution < -0.4 is 5.32 Å². The quantitative estimate of drug-likeness (QED) is 0.577. The molecule has 14 heavy (non-hydrogen) atoms. The standard InChI is InChI=1S/C9H19NO4/c1-7(14-4)9(2,8(11)12)10-5-6-13-3/h7,10H,5-6H2,1-4H3,(H,11,12). The third-order valence-electron chi connectivity index (χ3n) is 2.41. The maximum atomic E-state index is 11.0. The van der Waals surface area contributed by atoms with Crippen LogP contribution >= 0.6 is 0 Å². The summed E-state index contributed by atoms with van der Waals surface area (Å²) < 4.78 is 9.86. The molecule has 0 radical (unpaired) electrons. The van der Waals surface area contributed by atoms with Crippen molar-refractivity contribution in [1.82, 2.24) is 5.32 Å². The van der Waals surface area contributed by atoms with Crippen LogP contribution in [-0.4, -0.2) is 50.1 Å². The SMILES string of the molecule is COCCNC(C)(C(=O)O)C(C)OC. The zero-order valence-electron chi connectivity index (χ0n) is 9.16. The highest BCUT2D eigenvalue weighted by Gasteiger charge is 2.38. The lowest BCUT2D eigenvalue weighted by atomic mass is 9.96. The first-order valence-corrected chi connectivity index (χ1v) is 4.49. The van der Waals surface area contributed by atoms with Crippen LogP contribution in [-0.2, 0) is 14.3 Å². The second-order valence-corrected chi connectivity index (χ2v) is 3.31. The molecule has 0 aromatic rings. The fourth-order valence-electron chi connectivity index (χ4n) is 1.04. The molecule has 0 amide bonds. The predicted molar refractivity (Wildman–Crippen MR) is 52.4 cm³/mol. The molecule has 0 spiro atoms. The van der Waals surface area contributed by atoms with Crippen LogP contribution in [0.3, 0.4) is 0 Å². The number of aliphatic carboxylic acids is 1. The molecular weight excluding hydrogens is 186 g/mol. The van der Waals surface area contributed by atoms with Gasteiger partial charge in [0.15, 0.2) is 0 Å². The Kier molecular flexibility index (Phi) is 5.68. The lowest BCUT2D eigenvalue weighted by Gasteiger charge is -2.31. The van der Waals surface area contributed by atoms with E-state index in [9.17, 15) is 4.79 Å². The molecule has 0 aliphatic rings. The van der Waals surface area contributed by atoms with E-state index in [0.717, 1.165) is 0 Å². The van der Waals surface area contributed by atoms with Gasteiger partial charge in [-0.3, -0.25) is 10.1 Å². The van der Waals surface area contributed by atoms with Crippen molar-refractivity contribution >= 4 is 5.97 Å². The van der Waals surface area contributed by atoms with E-state index >= 15 is 0 Å². The number of carboxylic acid groups (broad SMARTS) is 1. The number of rotatable bonds is 7. The van der Waals surface area contributed by atoms with Crippen LogP contribution in [0.2, 0.25) is 0 Å². The zero-order valence-corrected chi connectivity index (χ0v) is 9.16. The van der Waals surface area contributed by atoms with E-state index < -0.39 is 17.6 Å². The van der Waals surface area contributed by atoms with Crippen molar-refractivity contribution in [2.45, 2.75) is 25.5 Å². The number of ether oxygens (including phenoxy) is 2. The van der Waals surface area contributed by atoms with Crippen molar-refractivity contribution in [2.24, 2.45) is 0 Å². The van der Waals surface area contributed by atoms with Gasteiger partial charge >= 0.3 is 5.97 Å². The molecule has 0 aliphatic carbocycles. The number of nitrogens with one attached hydrogen (secondary N) is 1. The van der Waals surface area contributed by atoms with E-state index in [1.54, 1.807) is 21.0 Å². The summed E-state index contributed by atoms with van der Waals surface area (Å²) in [6, 6.07) is 0. The fraction of sp³-hybridized carbons (Fsp3) is 0.889. The van der Waals surface area contributed by atoms with Gasteiger partial charge in [0, 0.05) is 20.8 Å². The van der Waals surface area contributed by atoms with Crippen molar-refractivity contribution in [3.05, 3.63) is 0 Å². The Hall–Kier alpha value is -0.650. The van der Waals surface area contributed by atoms with E-state index in [4.69, 9.17) is 14.6 Å². The highest BCUT2D eigenvalue weighted by Crippen LogP contribution is 2.12. The van der Waals surface area contributed by atoms with E-state index in [2.05, 4.69) is 5.32 Å². The summed E-state index contributed by atoms with van der Waals surface area (Å²) in [5, 5.41) is 11.9. The molecule has 0 rings (SSSR count). The Morgan fingerprint density at radius 1 is 1.57 bits per heavy atom. The number of hydrogen-bond donors (Lipinski definition) is 2. The number of carbonyl (C=O) groups is 1. The summed E-state index contributed by atoms with van der Waals surface area (Å²) in [5.74, 6) is -0.928. The van der Waals surface area contributed by atoms with Gasteiger partial charge in [0.05, 0.1) is 12.7 Å². The van der Waals surface area contributed by atoms with Crippen molar-refractivity contribution in [3.8, 4) is 0 Å². The van der Waals surface area contributed by atoms with Crippen molar-refractivity contribution in [2.75, 3.05) is 27.4 Å². The number of methoxy groups -OCH3 is 2. The zero-order chi connectivity index (χ0) is 11.2. The first-order valence-electron chi connectivity index (χ1n) is 4.49. The summed E-state index contributed by atoms with van der Waals surface area (Å²) in [6.45, 7) is 4.26. The smallest absolute Gasteiger partial charge is 0.326 e. The third kappa shape index (κ3) is 3.25. The molecule has 0 aliphatic heterocycles. The third-order valence-corrected chi connectivity index (χ3v) is 2.41. The van der Waals surface area contributed by atoms with E-state index in [1.807, 2.05) is 0 Å². The summed E-state index contributed by atoms with van der Waals surface area (Å²) >= 11 is 0. The van der Waals surface area contributed by atoms with Crippen molar-refractivity contribution < 1.29 is 19.4 Å². The molecule has 84 valence electrons. The van der Waals surface area contributed by atoms with Gasteiger partial charge in [-0.15, -0.1) is 0 Å². The molecule has 0 saturated carbocycles. The van der Waals surface area contributed by atoms with Crippen LogP contribution in [0.15, 0.2) is 0 Å². The Bertz CT molecular complexity index is 186. The average molecular weight is 205 g/mol. The van der Waals surface area contributed by atoms with Gasteiger partial charge in [0.2, 0.25) is 0 Å². The van der Waals surface area contributed by atoms with E-state index in [0.29, 0.717) is 13.2 Å². The molecule has 0 bridgehead atoms. The van der Waals surface area contributed by atoms with Gasteiger partial charge in [0.25, 0.3) is 0 Å². The summed E-state index contributed by atoms with van der Waals surface area (Å²) in [7, 11) is 3.06. The van der Waals surface area contributed by atoms with Gasteiger partial charge in [-0.1, -0.05) is 0 Å². The van der Waals surface area contributed by atoms with Crippen molar-refractivity contribution in [1.29, 1.82) is 0 Å². The normalized spacial score (nSPS) is 17.4. The Balaban J connectivity index is 4.32. The average Bonchev–Trinajstić information content (AvgIpc) is 2.16. The predicted octanol–water partition coefficient (Wildman–Crippen LogP) is 0.101. The molecule has 2 unspecified atom stereocenters. The topological polar surface area (TPSA) is 67.8 Å². The molecule has 0 saturated heterocycles. The van der Waals surface area contributed by atoms with Crippen LogP contribution in [0.4, 0.5) is 0 Å². The van der Waals surface area contributed by atoms with Crippen LogP contribution in [0.25, 0.3) is 0 Å². The lowest BCUT2D eigenvalue weighted by molar-refractivity contribution is -0.149. The number of hydrogen-bond acceptors (Lipinski definition) is 4. The van der Waals surface area contributed by atoms with Gasteiger partial charge in [-0.25, -0.2) is 0 Å². The van der Waals surface area contributed by atoms with Crippen LogP contribution in [0.5, 0.6) is 0 Å². The van der Waals surface area contributed by atoms with E-state index in [1.165, 1.54) is 7.11 Å². The molecule has 2 atom stereocenters. The highest BCUT2D eigenvalue weighted by molar-refractivity contribution is 5.79. The minimum absolute atomic E-state index is 0.406. The minimum atomic E-state index is -1.08. The molecule has 0 heterocycles. The van der Waals surface area contributed by atoms with Gasteiger partial charge in [-0.2, -0.15) is 0 Å². The maximum Gasteiger partial charge on any atom is 0.326 e. The Morgan fingerprint density at radius 2 is 2.14 bits per heavy atom. The Morgan fingerprint density at radius 3 is 2.50 bits per heavy atom. The Labute approximate surface area is 84.4 Å². The van der Waals surface area contributed by atoms with Gasteiger partial charge < -0.3 is 14.6 Å². The first kappa shape index (κ1) is 13.4. The second-order valence-electron chi connectivity index (χ2n) is 3.31. The van der Waals surface area contributed by atoms with Gasteiger partial charge in [0.1, 0.15) is 5.54 Å². The largest absolute Gasteiger partial charge is 0.480 e. The van der Waals surface area contributed by atoms with Gasteiger partial charge in [-0.05, 0) is 13.8 Å². The van der Waals surface area contributed by atoms with Crippen LogP contribution in [0, 0.1) is 0 Å². The molecule has 2 N–H and O–H groups in total. The highest BCUT2D eigenvalue weighted by atomic mass is 16.5. The molecule has 5 nitrogen and oxygen atoms in total. The van der Waals surface area contributed by atoms with Crippen molar-refractivity contribution in [3.63, 3.8) is 0 Å². The summed E-state index contributed by atoms with van der Waals surface area (Å²) in [5.41, 5.74) is -1.08. The molecule has 0 aromatic carbocycles. The summed E-state index contributed by atoms with van der Waals surface area (Å²) in [4.78, 5) is 11.0. The van der Waals surface area contributed by atoms with E-state index in [-0.39, 0.29) is 0 Å². The molecule has 5 heteroatoms. The molecule has 0 fully saturated rings. The van der Waals surface area contributed by atoms with Crippen LogP contribution in [0.1, 0.15) is 13.8 Å². The maximum absolute atomic E-state index is 11.0. The summed E-state index contributed by atoms with van der Waals surface area (Å²) in [6.07, 6.45) is -0.406. The molecular formula is C9H19NO4.